The molecule has 4 nitrogen and oxygen atoms in total. The van der Waals surface area contributed by atoms with Gasteiger partial charge in [0.25, 0.3) is 0 Å². The highest BCUT2D eigenvalue weighted by atomic mass is 35.5. The van der Waals surface area contributed by atoms with Crippen LogP contribution in [0.2, 0.25) is 5.02 Å². The first-order valence-corrected chi connectivity index (χ1v) is 6.80. The first-order chi connectivity index (χ1) is 9.36. The van der Waals surface area contributed by atoms with Crippen molar-refractivity contribution in [3.05, 3.63) is 46.5 Å². The van der Waals surface area contributed by atoms with E-state index in [4.69, 9.17) is 11.6 Å². The van der Waals surface area contributed by atoms with Crippen molar-refractivity contribution in [2.75, 3.05) is 0 Å². The fourth-order valence-electron chi connectivity index (χ4n) is 1.69. The van der Waals surface area contributed by atoms with Crippen molar-refractivity contribution >= 4 is 11.6 Å². The lowest BCUT2D eigenvalue weighted by Gasteiger charge is -2.17. The lowest BCUT2D eigenvalue weighted by molar-refractivity contribution is 0.347. The molecule has 2 aromatic rings. The normalized spacial score (nSPS) is 11.8. The summed E-state index contributed by atoms with van der Waals surface area (Å²) in [5.41, 5.74) is 1.73. The van der Waals surface area contributed by atoms with Gasteiger partial charge in [-0.05, 0) is 38.5 Å². The summed E-state index contributed by atoms with van der Waals surface area (Å²) in [6.45, 7) is 7.41. The maximum Gasteiger partial charge on any atom is 0.141 e. The molecule has 1 aromatic carbocycles. The van der Waals surface area contributed by atoms with Gasteiger partial charge in [0, 0.05) is 13.1 Å². The Morgan fingerprint density at radius 2 is 2.05 bits per heavy atom. The summed E-state index contributed by atoms with van der Waals surface area (Å²) in [5.74, 6) is -0.400. The molecule has 1 heterocycles. The highest BCUT2D eigenvalue weighted by molar-refractivity contribution is 6.30. The fourth-order valence-corrected chi connectivity index (χ4v) is 1.89. The molecule has 0 unspecified atom stereocenters. The quantitative estimate of drug-likeness (QED) is 0.942. The molecular formula is C14H18ClFN4. The maximum atomic E-state index is 13.0. The molecule has 0 aliphatic carbocycles. The van der Waals surface area contributed by atoms with Crippen molar-refractivity contribution in [1.82, 2.24) is 20.3 Å². The smallest absolute Gasteiger partial charge is 0.141 e. The lowest BCUT2D eigenvalue weighted by Crippen LogP contribution is -2.22. The molecule has 6 heteroatoms. The monoisotopic (exact) mass is 296 g/mol. The van der Waals surface area contributed by atoms with Gasteiger partial charge in [-0.25, -0.2) is 9.07 Å². The highest BCUT2D eigenvalue weighted by Gasteiger charge is 2.14. The van der Waals surface area contributed by atoms with Crippen LogP contribution in [0.15, 0.2) is 24.4 Å². The van der Waals surface area contributed by atoms with Gasteiger partial charge in [-0.3, -0.25) is 0 Å². The molecule has 0 saturated carbocycles. The number of nitrogens with one attached hydrogen (secondary N) is 1. The van der Waals surface area contributed by atoms with E-state index in [0.717, 1.165) is 11.3 Å². The molecule has 1 aromatic heterocycles. The van der Waals surface area contributed by atoms with E-state index in [1.54, 1.807) is 12.1 Å². The highest BCUT2D eigenvalue weighted by Crippen LogP contribution is 2.16. The zero-order valence-corrected chi connectivity index (χ0v) is 12.6. The summed E-state index contributed by atoms with van der Waals surface area (Å²) in [5, 5.41) is 11.6. The predicted octanol–water partition coefficient (Wildman–Crippen LogP) is 3.12. The molecule has 0 spiro atoms. The van der Waals surface area contributed by atoms with Crippen LogP contribution in [0, 0.1) is 5.82 Å². The van der Waals surface area contributed by atoms with Crippen molar-refractivity contribution < 1.29 is 4.39 Å². The third-order valence-electron chi connectivity index (χ3n) is 2.85. The number of nitrogens with zero attached hydrogens (tertiary/aromatic N) is 3. The van der Waals surface area contributed by atoms with Gasteiger partial charge >= 0.3 is 0 Å². The Kier molecular flexibility index (Phi) is 4.40. The Hall–Kier alpha value is -1.46. The summed E-state index contributed by atoms with van der Waals surface area (Å²) in [6, 6.07) is 4.70. The third kappa shape index (κ3) is 3.77. The molecule has 0 aliphatic heterocycles. The molecule has 2 rings (SSSR count). The summed E-state index contributed by atoms with van der Waals surface area (Å²) in [4.78, 5) is 0. The van der Waals surface area contributed by atoms with Gasteiger partial charge in [0.15, 0.2) is 0 Å². The molecule has 0 bridgehead atoms. The van der Waals surface area contributed by atoms with Crippen LogP contribution >= 0.6 is 11.6 Å². The number of aromatic nitrogens is 3. The number of benzene rings is 1. The van der Waals surface area contributed by atoms with Crippen LogP contribution in [0.5, 0.6) is 0 Å². The van der Waals surface area contributed by atoms with Crippen LogP contribution < -0.4 is 5.32 Å². The van der Waals surface area contributed by atoms with Gasteiger partial charge in [0.1, 0.15) is 5.82 Å². The first kappa shape index (κ1) is 14.9. The van der Waals surface area contributed by atoms with Gasteiger partial charge in [0.2, 0.25) is 0 Å². The second-order valence-corrected chi connectivity index (χ2v) is 6.08. The van der Waals surface area contributed by atoms with Crippen molar-refractivity contribution in [2.24, 2.45) is 0 Å². The van der Waals surface area contributed by atoms with E-state index in [9.17, 15) is 4.39 Å². The Morgan fingerprint density at radius 1 is 1.30 bits per heavy atom. The second kappa shape index (κ2) is 5.89. The minimum absolute atomic E-state index is 0.0737. The molecule has 1 N–H and O–H groups in total. The lowest BCUT2D eigenvalue weighted by atomic mass is 10.1. The van der Waals surface area contributed by atoms with Crippen LogP contribution in [0.25, 0.3) is 0 Å². The largest absolute Gasteiger partial charge is 0.307 e. The Balaban J connectivity index is 1.89. The average molecular weight is 297 g/mol. The standard InChI is InChI=1S/C14H18ClFN4/c1-14(2,3)20-9-11(18-19-20)8-17-7-10-4-5-13(16)12(15)6-10/h4-6,9,17H,7-8H2,1-3H3. The fraction of sp³-hybridized carbons (Fsp3) is 0.429. The van der Waals surface area contributed by atoms with Crippen LogP contribution in [-0.2, 0) is 18.6 Å². The predicted molar refractivity (Wildman–Crippen MR) is 77.0 cm³/mol. The van der Waals surface area contributed by atoms with E-state index in [-0.39, 0.29) is 10.6 Å². The summed E-state index contributed by atoms with van der Waals surface area (Å²) >= 11 is 5.73. The number of rotatable bonds is 4. The van der Waals surface area contributed by atoms with Crippen molar-refractivity contribution in [3.8, 4) is 0 Å². The summed E-state index contributed by atoms with van der Waals surface area (Å²) in [7, 11) is 0. The van der Waals surface area contributed by atoms with E-state index in [0.29, 0.717) is 13.1 Å². The van der Waals surface area contributed by atoms with Gasteiger partial charge in [-0.15, -0.1) is 5.10 Å². The second-order valence-electron chi connectivity index (χ2n) is 5.68. The van der Waals surface area contributed by atoms with E-state index >= 15 is 0 Å². The summed E-state index contributed by atoms with van der Waals surface area (Å²) in [6.07, 6.45) is 1.92. The van der Waals surface area contributed by atoms with E-state index < -0.39 is 5.82 Å². The molecule has 0 atom stereocenters. The molecular weight excluding hydrogens is 279 g/mol. The zero-order chi connectivity index (χ0) is 14.8. The zero-order valence-electron chi connectivity index (χ0n) is 11.8. The summed E-state index contributed by atoms with van der Waals surface area (Å²) < 4.78 is 14.9. The van der Waals surface area contributed by atoms with Gasteiger partial charge < -0.3 is 5.32 Å². The van der Waals surface area contributed by atoms with Crippen LogP contribution in [0.4, 0.5) is 4.39 Å². The van der Waals surface area contributed by atoms with E-state index in [1.807, 2.05) is 10.9 Å². The Bertz CT molecular complexity index is 589. The minimum atomic E-state index is -0.400. The molecule has 0 radical (unpaired) electrons. The third-order valence-corrected chi connectivity index (χ3v) is 3.14. The number of halogens is 2. The SMILES string of the molecule is CC(C)(C)n1cc(CNCc2ccc(F)c(Cl)c2)nn1. The van der Waals surface area contributed by atoms with E-state index in [2.05, 4.69) is 36.4 Å². The Labute approximate surface area is 122 Å². The van der Waals surface area contributed by atoms with Gasteiger partial charge in [-0.1, -0.05) is 22.9 Å². The molecule has 108 valence electrons. The van der Waals surface area contributed by atoms with Crippen LogP contribution in [0.3, 0.4) is 0 Å². The number of hydrogen-bond acceptors (Lipinski definition) is 3. The average Bonchev–Trinajstić information content (AvgIpc) is 2.82. The van der Waals surface area contributed by atoms with E-state index in [1.165, 1.54) is 6.07 Å². The maximum absolute atomic E-state index is 13.0. The molecule has 0 aliphatic rings. The minimum Gasteiger partial charge on any atom is -0.307 e. The van der Waals surface area contributed by atoms with Crippen molar-refractivity contribution in [2.45, 2.75) is 39.4 Å². The van der Waals surface area contributed by atoms with Crippen LogP contribution in [-0.4, -0.2) is 15.0 Å². The van der Waals surface area contributed by atoms with Crippen molar-refractivity contribution in [3.63, 3.8) is 0 Å². The molecule has 20 heavy (non-hydrogen) atoms. The molecule has 0 saturated heterocycles. The topological polar surface area (TPSA) is 42.7 Å². The van der Waals surface area contributed by atoms with Gasteiger partial charge in [-0.2, -0.15) is 0 Å². The van der Waals surface area contributed by atoms with Crippen LogP contribution in [0.1, 0.15) is 32.0 Å². The Morgan fingerprint density at radius 3 is 2.65 bits per heavy atom. The molecule has 0 amide bonds. The van der Waals surface area contributed by atoms with Gasteiger partial charge in [0.05, 0.1) is 22.5 Å². The number of hydrogen-bond donors (Lipinski definition) is 1. The molecule has 0 fully saturated rings. The first-order valence-electron chi connectivity index (χ1n) is 6.42. The van der Waals surface area contributed by atoms with Crippen molar-refractivity contribution in [1.29, 1.82) is 0 Å².